The molecule has 0 aromatic heterocycles. The Morgan fingerprint density at radius 3 is 0.864 bits per heavy atom. The fraction of sp³-hybridized carbons (Fsp3) is 0.902. The highest BCUT2D eigenvalue weighted by molar-refractivity contribution is 5.76. The maximum Gasteiger partial charge on any atom is 0.305 e. The van der Waals surface area contributed by atoms with Gasteiger partial charge in [0.2, 0.25) is 5.91 Å². The molecule has 88 heavy (non-hydrogen) atoms. The number of allylic oxidation sites excluding steroid dienone is 5. The van der Waals surface area contributed by atoms with Gasteiger partial charge in [-0.05, 0) is 64.2 Å². The molecular weight excluding hydrogens is 1080 g/mol. The predicted molar refractivity (Wildman–Crippen MR) is 389 cm³/mol. The monoisotopic (exact) mass is 1240 g/mol. The number of ether oxygens (including phenoxy) is 1. The second kappa shape index (κ2) is 77.5. The maximum atomic E-state index is 12.5. The lowest BCUT2D eigenvalue weighted by Gasteiger charge is -2.20. The van der Waals surface area contributed by atoms with Crippen molar-refractivity contribution in [3.8, 4) is 0 Å². The summed E-state index contributed by atoms with van der Waals surface area (Å²) >= 11 is 0. The van der Waals surface area contributed by atoms with Crippen molar-refractivity contribution < 1.29 is 24.5 Å². The molecule has 0 heterocycles. The molecule has 0 aliphatic carbocycles. The van der Waals surface area contributed by atoms with Crippen molar-refractivity contribution in [3.05, 3.63) is 36.5 Å². The van der Waals surface area contributed by atoms with Crippen molar-refractivity contribution >= 4 is 11.9 Å². The molecule has 2 unspecified atom stereocenters. The van der Waals surface area contributed by atoms with E-state index in [0.29, 0.717) is 19.4 Å². The Hall–Kier alpha value is -1.92. The van der Waals surface area contributed by atoms with Gasteiger partial charge in [-0.25, -0.2) is 0 Å². The van der Waals surface area contributed by atoms with Gasteiger partial charge in [0.15, 0.2) is 0 Å². The maximum absolute atomic E-state index is 12.5. The lowest BCUT2D eigenvalue weighted by Crippen LogP contribution is -2.45. The van der Waals surface area contributed by atoms with E-state index in [1.807, 2.05) is 6.08 Å². The molecule has 0 aromatic rings. The number of carbonyl (C=O) groups excluding carboxylic acids is 2. The Labute approximate surface area is 551 Å². The van der Waals surface area contributed by atoms with E-state index in [1.165, 1.54) is 379 Å². The van der Waals surface area contributed by atoms with Crippen molar-refractivity contribution in [2.75, 3.05) is 13.2 Å². The summed E-state index contributed by atoms with van der Waals surface area (Å²) in [5.74, 6) is -0.0469. The van der Waals surface area contributed by atoms with Gasteiger partial charge in [0, 0.05) is 12.8 Å². The average molecular weight is 1240 g/mol. The molecule has 0 bridgehead atoms. The molecule has 0 saturated heterocycles. The Kier molecular flexibility index (Phi) is 75.8. The van der Waals surface area contributed by atoms with E-state index >= 15 is 0 Å². The highest BCUT2D eigenvalue weighted by Gasteiger charge is 2.18. The van der Waals surface area contributed by atoms with Gasteiger partial charge in [0.25, 0.3) is 0 Å². The fourth-order valence-corrected chi connectivity index (χ4v) is 12.8. The van der Waals surface area contributed by atoms with E-state index in [-0.39, 0.29) is 18.5 Å². The van der Waals surface area contributed by atoms with Gasteiger partial charge in [-0.15, -0.1) is 0 Å². The largest absolute Gasteiger partial charge is 0.466 e. The standard InChI is InChI=1S/C82H157NO5/c1-3-5-7-9-11-13-15-17-19-21-23-24-32-35-39-42-46-50-54-58-62-66-70-74-80(85)79(78-84)83-81(86)75-71-67-63-59-55-51-47-43-40-36-33-30-28-26-25-27-29-31-34-37-41-45-49-53-57-61-65-69-73-77-88-82(87)76-72-68-64-60-56-52-48-44-38-22-20-18-16-14-12-10-8-6-4-2/h25,27,31,34,70,74,79-80,84-85H,3-24,26,28-30,32-33,35-69,71-73,75-78H2,1-2H3,(H,83,86)/b27-25-,34-31-,74-70+. The Morgan fingerprint density at radius 1 is 0.318 bits per heavy atom. The second-order valence-corrected chi connectivity index (χ2v) is 27.8. The molecule has 2 atom stereocenters. The first-order valence-corrected chi connectivity index (χ1v) is 40.3. The molecule has 520 valence electrons. The van der Waals surface area contributed by atoms with Gasteiger partial charge in [-0.2, -0.15) is 0 Å². The molecule has 6 nitrogen and oxygen atoms in total. The highest BCUT2D eigenvalue weighted by atomic mass is 16.5. The summed E-state index contributed by atoms with van der Waals surface area (Å²) in [6.45, 7) is 4.96. The molecule has 3 N–H and O–H groups in total. The summed E-state index contributed by atoms with van der Waals surface area (Å²) in [5.41, 5.74) is 0. The number of amides is 1. The molecule has 0 aliphatic rings. The first kappa shape index (κ1) is 86.1. The zero-order valence-electron chi connectivity index (χ0n) is 59.7. The van der Waals surface area contributed by atoms with Crippen LogP contribution in [0.25, 0.3) is 0 Å². The van der Waals surface area contributed by atoms with Crippen LogP contribution >= 0.6 is 0 Å². The fourth-order valence-electron chi connectivity index (χ4n) is 12.8. The summed E-state index contributed by atoms with van der Waals surface area (Å²) in [6, 6.07) is -0.631. The quantitative estimate of drug-likeness (QED) is 0.0320. The van der Waals surface area contributed by atoms with Crippen molar-refractivity contribution in [1.29, 1.82) is 0 Å². The van der Waals surface area contributed by atoms with Gasteiger partial charge in [-0.3, -0.25) is 9.59 Å². The number of hydrogen-bond acceptors (Lipinski definition) is 5. The molecule has 0 fully saturated rings. The Morgan fingerprint density at radius 2 is 0.568 bits per heavy atom. The number of unbranched alkanes of at least 4 members (excludes halogenated alkanes) is 61. The van der Waals surface area contributed by atoms with Crippen LogP contribution in [-0.2, 0) is 14.3 Å². The molecule has 0 aromatic carbocycles. The van der Waals surface area contributed by atoms with Crippen LogP contribution < -0.4 is 5.32 Å². The molecule has 6 heteroatoms. The molecule has 0 radical (unpaired) electrons. The van der Waals surface area contributed by atoms with Crippen molar-refractivity contribution in [1.82, 2.24) is 5.32 Å². The van der Waals surface area contributed by atoms with E-state index < -0.39 is 12.1 Å². The average Bonchev–Trinajstić information content (AvgIpc) is 3.57. The van der Waals surface area contributed by atoms with E-state index in [0.717, 1.165) is 44.9 Å². The molecule has 1 amide bonds. The minimum Gasteiger partial charge on any atom is -0.466 e. The molecule has 0 aliphatic heterocycles. The van der Waals surface area contributed by atoms with Gasteiger partial charge >= 0.3 is 5.97 Å². The van der Waals surface area contributed by atoms with Gasteiger partial charge in [0.1, 0.15) is 0 Å². The van der Waals surface area contributed by atoms with Crippen LogP contribution in [0.1, 0.15) is 450 Å². The molecular formula is C82H157NO5. The smallest absolute Gasteiger partial charge is 0.305 e. The van der Waals surface area contributed by atoms with Gasteiger partial charge in [0.05, 0.1) is 25.4 Å². The van der Waals surface area contributed by atoms with Crippen LogP contribution in [0.3, 0.4) is 0 Å². The summed E-state index contributed by atoms with van der Waals surface area (Å²) in [6.07, 6.45) is 101. The van der Waals surface area contributed by atoms with E-state index in [4.69, 9.17) is 4.74 Å². The van der Waals surface area contributed by atoms with Crippen LogP contribution in [0.15, 0.2) is 36.5 Å². The van der Waals surface area contributed by atoms with Crippen LogP contribution in [0, 0.1) is 0 Å². The summed E-state index contributed by atoms with van der Waals surface area (Å²) in [4.78, 5) is 24.7. The van der Waals surface area contributed by atoms with Crippen LogP contribution in [0.2, 0.25) is 0 Å². The zero-order chi connectivity index (χ0) is 63.5. The Bertz CT molecular complexity index is 1430. The number of esters is 1. The Balaban J connectivity index is 3.41. The summed E-state index contributed by atoms with van der Waals surface area (Å²) in [7, 11) is 0. The van der Waals surface area contributed by atoms with Crippen molar-refractivity contribution in [3.63, 3.8) is 0 Å². The molecule has 0 spiro atoms. The van der Waals surface area contributed by atoms with E-state index in [2.05, 4.69) is 43.5 Å². The third kappa shape index (κ3) is 73.1. The zero-order valence-corrected chi connectivity index (χ0v) is 59.7. The number of rotatable bonds is 76. The first-order chi connectivity index (χ1) is 43.5. The lowest BCUT2D eigenvalue weighted by molar-refractivity contribution is -0.143. The van der Waals surface area contributed by atoms with Gasteiger partial charge in [-0.1, -0.05) is 410 Å². The SMILES string of the molecule is CCCCCCCCCCCCCCCCCCCCCCC/C=C/C(O)C(CO)NC(=O)CCCCCCCCCCCCCCC/C=C\C/C=C\CCCCCCCCCCCOC(=O)CCCCCCCCCCCCCCCCCCCCC. The van der Waals surface area contributed by atoms with Crippen LogP contribution in [0.5, 0.6) is 0 Å². The third-order valence-corrected chi connectivity index (χ3v) is 18.9. The number of hydrogen-bond donors (Lipinski definition) is 3. The number of carbonyl (C=O) groups is 2. The number of nitrogens with one attached hydrogen (secondary N) is 1. The minimum atomic E-state index is -0.847. The van der Waals surface area contributed by atoms with Crippen molar-refractivity contribution in [2.24, 2.45) is 0 Å². The lowest BCUT2D eigenvalue weighted by atomic mass is 10.0. The number of aliphatic hydroxyl groups is 2. The van der Waals surface area contributed by atoms with Crippen LogP contribution in [0.4, 0.5) is 0 Å². The highest BCUT2D eigenvalue weighted by Crippen LogP contribution is 2.20. The van der Waals surface area contributed by atoms with Crippen molar-refractivity contribution in [2.45, 2.75) is 463 Å². The number of aliphatic hydroxyl groups excluding tert-OH is 2. The first-order valence-electron chi connectivity index (χ1n) is 40.3. The summed E-state index contributed by atoms with van der Waals surface area (Å²) in [5, 5.41) is 23.3. The topological polar surface area (TPSA) is 95.9 Å². The summed E-state index contributed by atoms with van der Waals surface area (Å²) < 4.78 is 5.51. The predicted octanol–water partition coefficient (Wildman–Crippen LogP) is 26.6. The third-order valence-electron chi connectivity index (χ3n) is 18.9. The molecule has 0 saturated carbocycles. The molecule has 0 rings (SSSR count). The van der Waals surface area contributed by atoms with Crippen LogP contribution in [-0.4, -0.2) is 47.4 Å². The second-order valence-electron chi connectivity index (χ2n) is 27.8. The van der Waals surface area contributed by atoms with E-state index in [9.17, 15) is 19.8 Å². The normalized spacial score (nSPS) is 12.6. The minimum absolute atomic E-state index is 0.0174. The van der Waals surface area contributed by atoms with Gasteiger partial charge < -0.3 is 20.3 Å². The van der Waals surface area contributed by atoms with E-state index in [1.54, 1.807) is 6.08 Å².